The molecule has 138 valence electrons. The van der Waals surface area contributed by atoms with Crippen molar-refractivity contribution in [1.82, 2.24) is 4.98 Å². The molecule has 0 aliphatic rings. The predicted octanol–water partition coefficient (Wildman–Crippen LogP) is 8.24. The zero-order valence-corrected chi connectivity index (χ0v) is 17.5. The first-order chi connectivity index (χ1) is 12.7. The maximum atomic E-state index is 11.5. The molecular weight excluding hydrogens is 477 g/mol. The third-order valence-electron chi connectivity index (χ3n) is 3.59. The van der Waals surface area contributed by atoms with Crippen LogP contribution in [0.3, 0.4) is 0 Å². The molecule has 0 atom stereocenters. The van der Waals surface area contributed by atoms with E-state index in [1.165, 1.54) is 30.3 Å². The molecule has 0 radical (unpaired) electrons. The van der Waals surface area contributed by atoms with Crippen LogP contribution in [0.4, 0.5) is 5.69 Å². The van der Waals surface area contributed by atoms with E-state index in [2.05, 4.69) is 4.98 Å². The number of hydrogen-bond acceptors (Lipinski definition) is 3. The van der Waals surface area contributed by atoms with Gasteiger partial charge in [0.1, 0.15) is 5.69 Å². The summed E-state index contributed by atoms with van der Waals surface area (Å²) in [5.74, 6) is 0. The van der Waals surface area contributed by atoms with Crippen LogP contribution in [-0.4, -0.2) is 9.91 Å². The Labute approximate surface area is 183 Å². The largest absolute Gasteiger partial charge is 0.295 e. The fourth-order valence-electron chi connectivity index (χ4n) is 2.42. The summed E-state index contributed by atoms with van der Waals surface area (Å²) in [6, 6.07) is 8.64. The van der Waals surface area contributed by atoms with Gasteiger partial charge < -0.3 is 0 Å². The molecular formula is C17H6Cl6N2O2. The van der Waals surface area contributed by atoms with Crippen LogP contribution in [0.25, 0.3) is 22.5 Å². The third kappa shape index (κ3) is 4.11. The lowest BCUT2D eigenvalue weighted by Gasteiger charge is -2.11. The summed E-state index contributed by atoms with van der Waals surface area (Å²) in [7, 11) is 0. The predicted molar refractivity (Wildman–Crippen MR) is 112 cm³/mol. The lowest BCUT2D eigenvalue weighted by atomic mass is 10.1. The van der Waals surface area contributed by atoms with E-state index in [-0.39, 0.29) is 42.1 Å². The highest BCUT2D eigenvalue weighted by Gasteiger charge is 2.23. The van der Waals surface area contributed by atoms with Crippen LogP contribution in [0.5, 0.6) is 0 Å². The summed E-state index contributed by atoms with van der Waals surface area (Å²) in [6.07, 6.45) is 0. The van der Waals surface area contributed by atoms with E-state index < -0.39 is 4.92 Å². The van der Waals surface area contributed by atoms with E-state index in [0.29, 0.717) is 16.3 Å². The molecule has 0 aliphatic carbocycles. The fraction of sp³-hybridized carbons (Fsp3) is 0. The molecule has 0 fully saturated rings. The molecule has 0 saturated carbocycles. The molecule has 0 bridgehead atoms. The van der Waals surface area contributed by atoms with Gasteiger partial charge in [-0.3, -0.25) is 10.1 Å². The first kappa shape index (κ1) is 20.5. The molecule has 4 nitrogen and oxygen atoms in total. The van der Waals surface area contributed by atoms with Gasteiger partial charge in [0.2, 0.25) is 0 Å². The van der Waals surface area contributed by atoms with Crippen molar-refractivity contribution in [1.29, 1.82) is 0 Å². The minimum Gasteiger partial charge on any atom is -0.258 e. The van der Waals surface area contributed by atoms with Crippen molar-refractivity contribution < 1.29 is 4.92 Å². The van der Waals surface area contributed by atoms with Gasteiger partial charge in [-0.15, -0.1) is 0 Å². The van der Waals surface area contributed by atoms with Gasteiger partial charge in [0.15, 0.2) is 0 Å². The highest BCUT2D eigenvalue weighted by atomic mass is 35.5. The van der Waals surface area contributed by atoms with Gasteiger partial charge >= 0.3 is 0 Å². The molecule has 27 heavy (non-hydrogen) atoms. The van der Waals surface area contributed by atoms with E-state index in [9.17, 15) is 10.1 Å². The van der Waals surface area contributed by atoms with Crippen LogP contribution in [-0.2, 0) is 0 Å². The Kier molecular flexibility index (Phi) is 6.06. The van der Waals surface area contributed by atoms with E-state index in [0.717, 1.165) is 0 Å². The summed E-state index contributed by atoms with van der Waals surface area (Å²) < 4.78 is 0. The molecule has 0 N–H and O–H groups in total. The Morgan fingerprint density at radius 3 is 1.85 bits per heavy atom. The van der Waals surface area contributed by atoms with Crippen LogP contribution in [0.15, 0.2) is 36.4 Å². The fourth-order valence-corrected chi connectivity index (χ4v) is 3.81. The first-order valence-corrected chi connectivity index (χ1v) is 9.41. The van der Waals surface area contributed by atoms with Crippen LogP contribution in [0, 0.1) is 10.1 Å². The van der Waals surface area contributed by atoms with Gasteiger partial charge in [-0.05, 0) is 30.3 Å². The van der Waals surface area contributed by atoms with Crippen molar-refractivity contribution in [2.24, 2.45) is 0 Å². The summed E-state index contributed by atoms with van der Waals surface area (Å²) in [4.78, 5) is 15.3. The van der Waals surface area contributed by atoms with E-state index >= 15 is 0 Å². The Morgan fingerprint density at radius 2 is 1.30 bits per heavy atom. The molecule has 3 aromatic rings. The topological polar surface area (TPSA) is 56.0 Å². The number of hydrogen-bond donors (Lipinski definition) is 0. The molecule has 0 aliphatic heterocycles. The van der Waals surface area contributed by atoms with Crippen LogP contribution in [0.1, 0.15) is 0 Å². The minimum atomic E-state index is -0.580. The zero-order chi connectivity index (χ0) is 19.9. The van der Waals surface area contributed by atoms with Crippen molar-refractivity contribution in [2.75, 3.05) is 0 Å². The molecule has 0 spiro atoms. The minimum absolute atomic E-state index is 0.0148. The number of aromatic nitrogens is 1. The van der Waals surface area contributed by atoms with Crippen molar-refractivity contribution in [3.05, 3.63) is 76.6 Å². The molecule has 10 heteroatoms. The first-order valence-electron chi connectivity index (χ1n) is 7.14. The lowest BCUT2D eigenvalue weighted by molar-refractivity contribution is -0.384. The summed E-state index contributed by atoms with van der Waals surface area (Å²) in [5, 5.41) is 12.7. The van der Waals surface area contributed by atoms with Crippen LogP contribution in [0.2, 0.25) is 30.1 Å². The smallest absolute Gasteiger partial charge is 0.258 e. The molecule has 0 saturated heterocycles. The van der Waals surface area contributed by atoms with Gasteiger partial charge in [0, 0.05) is 27.2 Å². The molecule has 0 amide bonds. The molecule has 1 aromatic heterocycles. The van der Waals surface area contributed by atoms with Gasteiger partial charge in [0.05, 0.1) is 30.7 Å². The van der Waals surface area contributed by atoms with Crippen molar-refractivity contribution >= 4 is 75.3 Å². The Morgan fingerprint density at radius 1 is 0.778 bits per heavy atom. The number of benzene rings is 2. The second-order valence-corrected chi connectivity index (χ2v) is 7.76. The van der Waals surface area contributed by atoms with Crippen LogP contribution < -0.4 is 0 Å². The Bertz CT molecular complexity index is 1090. The van der Waals surface area contributed by atoms with Gasteiger partial charge in [0.25, 0.3) is 5.69 Å². The zero-order valence-electron chi connectivity index (χ0n) is 12.9. The summed E-state index contributed by atoms with van der Waals surface area (Å²) in [5.41, 5.74) is 0.654. The van der Waals surface area contributed by atoms with Crippen LogP contribution >= 0.6 is 69.6 Å². The average Bonchev–Trinajstić information content (AvgIpc) is 2.60. The maximum absolute atomic E-state index is 11.5. The number of halogens is 6. The lowest BCUT2D eigenvalue weighted by Crippen LogP contribution is -1.98. The second kappa shape index (κ2) is 8.00. The SMILES string of the molecule is O=[N+]([O-])c1ccc(-c2cc(Cl)cc(Cl)c2Cl)nc1-c1cc(Cl)cc(Cl)c1Cl. The van der Waals surface area contributed by atoms with Gasteiger partial charge in [-0.1, -0.05) is 69.6 Å². The van der Waals surface area contributed by atoms with Crippen molar-refractivity contribution in [3.63, 3.8) is 0 Å². The molecule has 3 rings (SSSR count). The van der Waals surface area contributed by atoms with Gasteiger partial charge in [-0.25, -0.2) is 4.98 Å². The van der Waals surface area contributed by atoms with Gasteiger partial charge in [-0.2, -0.15) is 0 Å². The van der Waals surface area contributed by atoms with E-state index in [1.54, 1.807) is 6.07 Å². The van der Waals surface area contributed by atoms with Crippen molar-refractivity contribution in [2.45, 2.75) is 0 Å². The monoisotopic (exact) mass is 480 g/mol. The average molecular weight is 483 g/mol. The van der Waals surface area contributed by atoms with E-state index in [1.807, 2.05) is 0 Å². The maximum Gasteiger partial charge on any atom is 0.295 e. The quantitative estimate of drug-likeness (QED) is 0.214. The second-order valence-electron chi connectivity index (χ2n) is 5.32. The Hall–Kier alpha value is -1.27. The summed E-state index contributed by atoms with van der Waals surface area (Å²) >= 11 is 36.7. The number of nitro groups is 1. The number of pyridine rings is 1. The molecule has 2 aromatic carbocycles. The molecule has 1 heterocycles. The highest BCUT2D eigenvalue weighted by molar-refractivity contribution is 6.45. The standard InChI is InChI=1S/C17H6Cl6N2O2/c18-7-3-9(15(22)11(20)5-7)13-1-2-14(25(26)27)17(24-13)10-4-8(19)6-12(21)16(10)23/h1-6H. The molecule has 0 unspecified atom stereocenters. The highest BCUT2D eigenvalue weighted by Crippen LogP contribution is 2.42. The number of rotatable bonds is 3. The summed E-state index contributed by atoms with van der Waals surface area (Å²) in [6.45, 7) is 0. The third-order valence-corrected chi connectivity index (χ3v) is 5.63. The normalized spacial score (nSPS) is 10.9. The van der Waals surface area contributed by atoms with E-state index in [4.69, 9.17) is 69.6 Å². The Balaban J connectivity index is 2.32. The number of nitrogens with zero attached hydrogens (tertiary/aromatic N) is 2. The van der Waals surface area contributed by atoms with Crippen molar-refractivity contribution in [3.8, 4) is 22.5 Å².